The molecule has 3 aromatic carbocycles. The molecule has 1 atom stereocenters. The van der Waals surface area contributed by atoms with Crippen molar-refractivity contribution in [1.29, 1.82) is 0 Å². The highest BCUT2D eigenvalue weighted by molar-refractivity contribution is 6.15. The molecule has 208 valence electrons. The summed E-state index contributed by atoms with van der Waals surface area (Å²) >= 11 is 0. The second-order valence-corrected chi connectivity index (χ2v) is 8.92. The van der Waals surface area contributed by atoms with Crippen LogP contribution in [0.15, 0.2) is 42.2 Å². The van der Waals surface area contributed by atoms with Gasteiger partial charge in [-0.25, -0.2) is 0 Å². The van der Waals surface area contributed by atoms with Gasteiger partial charge in [0, 0.05) is 34.7 Å². The van der Waals surface area contributed by atoms with Crippen molar-refractivity contribution in [1.82, 2.24) is 0 Å². The van der Waals surface area contributed by atoms with Crippen LogP contribution in [0.3, 0.4) is 0 Å². The van der Waals surface area contributed by atoms with Gasteiger partial charge in [-0.15, -0.1) is 0 Å². The highest BCUT2D eigenvalue weighted by atomic mass is 16.5. The summed E-state index contributed by atoms with van der Waals surface area (Å²) in [5.74, 6) is 2.19. The van der Waals surface area contributed by atoms with Crippen molar-refractivity contribution in [2.45, 2.75) is 12.3 Å². The second kappa shape index (κ2) is 10.7. The zero-order valence-corrected chi connectivity index (χ0v) is 22.9. The summed E-state index contributed by atoms with van der Waals surface area (Å²) in [7, 11) is 9.13. The molecule has 2 heterocycles. The molecule has 3 aromatic rings. The number of allylic oxidation sites excluding steroid dienone is 1. The number of ketones is 1. The lowest BCUT2D eigenvalue weighted by molar-refractivity contribution is -0.135. The lowest BCUT2D eigenvalue weighted by atomic mass is 9.84. The molecule has 0 N–H and O–H groups in total. The number of benzene rings is 3. The maximum absolute atomic E-state index is 13.5. The quantitative estimate of drug-likeness (QED) is 0.221. The van der Waals surface area contributed by atoms with Crippen LogP contribution in [-0.2, 0) is 4.79 Å². The van der Waals surface area contributed by atoms with E-state index in [1.807, 2.05) is 0 Å². The normalized spacial score (nSPS) is 16.4. The summed E-state index contributed by atoms with van der Waals surface area (Å²) in [6.45, 7) is 0. The Morgan fingerprint density at radius 1 is 0.700 bits per heavy atom. The van der Waals surface area contributed by atoms with Gasteiger partial charge in [0.15, 0.2) is 28.8 Å². The first kappa shape index (κ1) is 26.7. The number of Topliss-reactive ketones (excluding diaryl/α,β-unsaturated/α-hetero) is 1. The highest BCUT2D eigenvalue weighted by Gasteiger charge is 2.40. The van der Waals surface area contributed by atoms with Crippen LogP contribution in [0.2, 0.25) is 0 Å². The van der Waals surface area contributed by atoms with Gasteiger partial charge in [-0.1, -0.05) is 0 Å². The van der Waals surface area contributed by atoms with Gasteiger partial charge in [-0.2, -0.15) is 0 Å². The van der Waals surface area contributed by atoms with Crippen molar-refractivity contribution in [2.75, 3.05) is 42.7 Å². The molecule has 10 heteroatoms. The first-order valence-electron chi connectivity index (χ1n) is 12.3. The van der Waals surface area contributed by atoms with Crippen LogP contribution in [0.5, 0.6) is 46.0 Å². The van der Waals surface area contributed by atoms with E-state index in [0.717, 1.165) is 0 Å². The van der Waals surface area contributed by atoms with Crippen LogP contribution >= 0.6 is 0 Å². The molecule has 40 heavy (non-hydrogen) atoms. The van der Waals surface area contributed by atoms with E-state index in [-0.39, 0.29) is 18.0 Å². The molecule has 2 aliphatic heterocycles. The first-order valence-corrected chi connectivity index (χ1v) is 12.3. The monoisotopic (exact) mass is 548 g/mol. The van der Waals surface area contributed by atoms with Gasteiger partial charge in [0.05, 0.1) is 54.6 Å². The molecule has 0 bridgehead atoms. The topological polar surface area (TPSA) is 108 Å². The smallest absolute Gasteiger partial charge is 0.312 e. The molecule has 0 radical (unpaired) electrons. The van der Waals surface area contributed by atoms with E-state index in [1.54, 1.807) is 42.5 Å². The molecule has 0 fully saturated rings. The number of rotatable bonds is 8. The van der Waals surface area contributed by atoms with Gasteiger partial charge < -0.3 is 37.9 Å². The number of ether oxygens (including phenoxy) is 8. The number of fused-ring (bicyclic) bond motifs is 3. The highest BCUT2D eigenvalue weighted by Crippen LogP contribution is 2.52. The van der Waals surface area contributed by atoms with Crippen molar-refractivity contribution in [2.24, 2.45) is 0 Å². The van der Waals surface area contributed by atoms with Crippen molar-refractivity contribution < 1.29 is 47.5 Å². The van der Waals surface area contributed by atoms with Crippen molar-refractivity contribution in [3.05, 3.63) is 64.4 Å². The Bertz CT molecular complexity index is 1540. The fourth-order valence-electron chi connectivity index (χ4n) is 5.00. The molecular weight excluding hydrogens is 520 g/mol. The number of carbonyl (C=O) groups is 2. The third-order valence-electron chi connectivity index (χ3n) is 6.91. The first-order chi connectivity index (χ1) is 19.4. The zero-order valence-electron chi connectivity index (χ0n) is 22.9. The number of esters is 1. The van der Waals surface area contributed by atoms with Crippen LogP contribution in [0.1, 0.15) is 39.4 Å². The number of hydrogen-bond donors (Lipinski definition) is 0. The Hall–Kier alpha value is -4.86. The van der Waals surface area contributed by atoms with Crippen LogP contribution in [0.4, 0.5) is 0 Å². The van der Waals surface area contributed by atoms with Gasteiger partial charge >= 0.3 is 5.97 Å². The van der Waals surface area contributed by atoms with Crippen molar-refractivity contribution in [3.8, 4) is 46.0 Å². The molecule has 0 aromatic heterocycles. The molecule has 0 spiro atoms. The van der Waals surface area contributed by atoms with Gasteiger partial charge in [0.1, 0.15) is 23.0 Å². The third-order valence-corrected chi connectivity index (χ3v) is 6.91. The Kier molecular flexibility index (Phi) is 7.17. The number of carbonyl (C=O) groups excluding carboxylic acids is 2. The summed E-state index contributed by atoms with van der Waals surface area (Å²) in [4.78, 5) is 26.2. The SMILES string of the molecule is COc1cc(OC)c(OC)cc1/C=C1\Oc2c(ccc3c2C(c2cc(OC)c(OC)cc2OC)CC(=O)O3)C1=O. The largest absolute Gasteiger partial charge is 0.496 e. The average Bonchev–Trinajstić information content (AvgIpc) is 3.29. The van der Waals surface area contributed by atoms with Crippen LogP contribution < -0.4 is 37.9 Å². The van der Waals surface area contributed by atoms with Gasteiger partial charge in [0.25, 0.3) is 0 Å². The maximum atomic E-state index is 13.5. The molecule has 2 aliphatic rings. The standard InChI is InChI=1S/C30H28O10/c1-33-20-13-24(37-5)22(35-3)9-15(20)10-26-29(32)16-7-8-19-28(30(16)40-26)18(12-27(31)39-19)17-11-23(36-4)25(38-6)14-21(17)34-2/h7-11,13-14,18H,12H2,1-6H3/b26-10-. The van der Waals surface area contributed by atoms with E-state index >= 15 is 0 Å². The predicted octanol–water partition coefficient (Wildman–Crippen LogP) is 4.80. The molecule has 0 saturated carbocycles. The minimum Gasteiger partial charge on any atom is -0.496 e. The molecule has 0 aliphatic carbocycles. The third kappa shape index (κ3) is 4.41. The Morgan fingerprint density at radius 3 is 1.90 bits per heavy atom. The minimum absolute atomic E-state index is 0.00457. The van der Waals surface area contributed by atoms with Crippen molar-refractivity contribution >= 4 is 17.8 Å². The molecule has 0 saturated heterocycles. The summed E-state index contributed by atoms with van der Waals surface area (Å²) in [6, 6.07) is 10.00. The number of hydrogen-bond acceptors (Lipinski definition) is 10. The van der Waals surface area contributed by atoms with E-state index < -0.39 is 11.9 Å². The van der Waals surface area contributed by atoms with Crippen LogP contribution in [-0.4, -0.2) is 54.4 Å². The van der Waals surface area contributed by atoms with E-state index in [4.69, 9.17) is 37.9 Å². The predicted molar refractivity (Wildman–Crippen MR) is 144 cm³/mol. The fourth-order valence-corrected chi connectivity index (χ4v) is 5.00. The molecule has 1 unspecified atom stereocenters. The van der Waals surface area contributed by atoms with Crippen LogP contribution in [0, 0.1) is 0 Å². The maximum Gasteiger partial charge on any atom is 0.312 e. The fraction of sp³-hybridized carbons (Fsp3) is 0.267. The van der Waals surface area contributed by atoms with Crippen LogP contribution in [0.25, 0.3) is 6.08 Å². The van der Waals surface area contributed by atoms with E-state index in [9.17, 15) is 9.59 Å². The lowest BCUT2D eigenvalue weighted by Crippen LogP contribution is -2.22. The van der Waals surface area contributed by atoms with Gasteiger partial charge in [-0.05, 0) is 30.3 Å². The van der Waals surface area contributed by atoms with Gasteiger partial charge in [0.2, 0.25) is 5.78 Å². The average molecular weight is 549 g/mol. The van der Waals surface area contributed by atoms with E-state index in [2.05, 4.69) is 0 Å². The number of methoxy groups -OCH3 is 6. The minimum atomic E-state index is -0.552. The zero-order chi connectivity index (χ0) is 28.6. The Morgan fingerprint density at radius 2 is 1.27 bits per heavy atom. The molecule has 5 rings (SSSR count). The van der Waals surface area contributed by atoms with Crippen molar-refractivity contribution in [3.63, 3.8) is 0 Å². The molecular formula is C30H28O10. The Labute approximate surface area is 230 Å². The lowest BCUT2D eigenvalue weighted by Gasteiger charge is -2.28. The van der Waals surface area contributed by atoms with E-state index in [1.165, 1.54) is 42.7 Å². The summed E-state index contributed by atoms with van der Waals surface area (Å²) in [5, 5.41) is 0. The molecule has 0 amide bonds. The summed E-state index contributed by atoms with van der Waals surface area (Å²) in [5.41, 5.74) is 2.10. The van der Waals surface area contributed by atoms with Gasteiger partial charge in [-0.3, -0.25) is 9.59 Å². The second-order valence-electron chi connectivity index (χ2n) is 8.92. The van der Waals surface area contributed by atoms with E-state index in [0.29, 0.717) is 68.2 Å². The molecule has 10 nitrogen and oxygen atoms in total. The summed E-state index contributed by atoms with van der Waals surface area (Å²) in [6.07, 6.45) is 1.58. The summed E-state index contributed by atoms with van der Waals surface area (Å²) < 4.78 is 44.7. The Balaban J connectivity index is 1.64.